The second-order valence-electron chi connectivity index (χ2n) is 5.93. The molecule has 1 unspecified atom stereocenters. The van der Waals surface area contributed by atoms with Crippen LogP contribution in [0.4, 0.5) is 4.39 Å². The highest BCUT2D eigenvalue weighted by Crippen LogP contribution is 2.40. The Morgan fingerprint density at radius 3 is 2.48 bits per heavy atom. The van der Waals surface area contributed by atoms with Crippen molar-refractivity contribution in [2.45, 2.75) is 19.3 Å². The minimum Gasteiger partial charge on any atom is -0.463 e. The molecule has 0 saturated carbocycles. The molecular weight excluding hydrogens is 317 g/mol. The lowest BCUT2D eigenvalue weighted by Gasteiger charge is -2.26. The van der Waals surface area contributed by atoms with Gasteiger partial charge in [0.15, 0.2) is 0 Å². The first-order chi connectivity index (χ1) is 12.1. The molecule has 1 atom stereocenters. The third-order valence-electron chi connectivity index (χ3n) is 4.33. The summed E-state index contributed by atoms with van der Waals surface area (Å²) >= 11 is 0. The summed E-state index contributed by atoms with van der Waals surface area (Å²) in [6.45, 7) is 2.07. The van der Waals surface area contributed by atoms with Crippen molar-refractivity contribution >= 4 is 11.5 Å². The largest absolute Gasteiger partial charge is 0.463 e. The Bertz CT molecular complexity index is 823. The van der Waals surface area contributed by atoms with Gasteiger partial charge in [-0.2, -0.15) is 0 Å². The molecule has 0 bridgehead atoms. The molecule has 3 nitrogen and oxygen atoms in total. The summed E-state index contributed by atoms with van der Waals surface area (Å²) in [7, 11) is 0. The second kappa shape index (κ2) is 7.34. The first kappa shape index (κ1) is 17.0. The quantitative estimate of drug-likeness (QED) is 0.852. The van der Waals surface area contributed by atoms with E-state index in [1.54, 1.807) is 25.1 Å². The predicted molar refractivity (Wildman–Crippen MR) is 96.0 cm³/mol. The van der Waals surface area contributed by atoms with Gasteiger partial charge in [0.25, 0.3) is 0 Å². The fourth-order valence-electron chi connectivity index (χ4n) is 3.15. The van der Waals surface area contributed by atoms with Crippen molar-refractivity contribution in [3.63, 3.8) is 0 Å². The molecule has 0 amide bonds. The van der Waals surface area contributed by atoms with Crippen LogP contribution in [0, 0.1) is 5.82 Å². The summed E-state index contributed by atoms with van der Waals surface area (Å²) < 4.78 is 18.4. The Hall–Kier alpha value is -2.88. The molecule has 0 fully saturated rings. The SMILES string of the molecule is CCOC(=O)C1=C(N)C=C(c2ccc(F)cc2)CC1c1ccccc1. The second-order valence-corrected chi connectivity index (χ2v) is 5.93. The van der Waals surface area contributed by atoms with E-state index < -0.39 is 0 Å². The number of allylic oxidation sites excluding steroid dienone is 2. The summed E-state index contributed by atoms with van der Waals surface area (Å²) in [6, 6.07) is 16.1. The highest BCUT2D eigenvalue weighted by molar-refractivity contribution is 5.94. The zero-order chi connectivity index (χ0) is 17.8. The Labute approximate surface area is 146 Å². The van der Waals surface area contributed by atoms with Gasteiger partial charge in [0, 0.05) is 11.6 Å². The lowest BCUT2D eigenvalue weighted by molar-refractivity contribution is -0.138. The van der Waals surface area contributed by atoms with Crippen molar-refractivity contribution in [1.29, 1.82) is 0 Å². The lowest BCUT2D eigenvalue weighted by Crippen LogP contribution is -2.22. The number of carbonyl (C=O) groups excluding carboxylic acids is 1. The van der Waals surface area contributed by atoms with Gasteiger partial charge in [-0.3, -0.25) is 0 Å². The molecule has 0 spiro atoms. The minimum absolute atomic E-state index is 0.190. The van der Waals surface area contributed by atoms with Gasteiger partial charge < -0.3 is 10.5 Å². The van der Waals surface area contributed by atoms with Gasteiger partial charge in [-0.1, -0.05) is 42.5 Å². The zero-order valence-electron chi connectivity index (χ0n) is 14.0. The maximum atomic E-state index is 13.2. The molecule has 2 aromatic carbocycles. The van der Waals surface area contributed by atoms with E-state index in [0.717, 1.165) is 16.7 Å². The van der Waals surface area contributed by atoms with Crippen LogP contribution in [0.5, 0.6) is 0 Å². The molecule has 0 aromatic heterocycles. The Balaban J connectivity index is 2.06. The van der Waals surface area contributed by atoms with Crippen LogP contribution in [0.3, 0.4) is 0 Å². The van der Waals surface area contributed by atoms with Gasteiger partial charge in [-0.15, -0.1) is 0 Å². The molecule has 0 heterocycles. The Morgan fingerprint density at radius 1 is 1.16 bits per heavy atom. The van der Waals surface area contributed by atoms with Crippen molar-refractivity contribution in [2.24, 2.45) is 5.73 Å². The van der Waals surface area contributed by atoms with Crippen LogP contribution >= 0.6 is 0 Å². The van der Waals surface area contributed by atoms with Crippen LogP contribution in [0.2, 0.25) is 0 Å². The van der Waals surface area contributed by atoms with Crippen molar-refractivity contribution in [3.05, 3.63) is 88.9 Å². The van der Waals surface area contributed by atoms with E-state index >= 15 is 0 Å². The average Bonchev–Trinajstić information content (AvgIpc) is 2.62. The number of carbonyl (C=O) groups is 1. The molecule has 2 N–H and O–H groups in total. The van der Waals surface area contributed by atoms with E-state index in [1.165, 1.54) is 12.1 Å². The van der Waals surface area contributed by atoms with E-state index in [-0.39, 0.29) is 17.7 Å². The highest BCUT2D eigenvalue weighted by atomic mass is 19.1. The minimum atomic E-state index is -0.386. The monoisotopic (exact) mass is 337 g/mol. The van der Waals surface area contributed by atoms with E-state index in [9.17, 15) is 9.18 Å². The Morgan fingerprint density at radius 2 is 1.84 bits per heavy atom. The normalized spacial score (nSPS) is 17.2. The average molecular weight is 337 g/mol. The first-order valence-electron chi connectivity index (χ1n) is 8.28. The van der Waals surface area contributed by atoms with Gasteiger partial charge >= 0.3 is 5.97 Å². The molecule has 1 aliphatic carbocycles. The molecule has 128 valence electrons. The van der Waals surface area contributed by atoms with Gasteiger partial charge in [-0.25, -0.2) is 9.18 Å². The molecule has 0 saturated heterocycles. The summed E-state index contributed by atoms with van der Waals surface area (Å²) in [4.78, 5) is 12.4. The number of rotatable bonds is 4. The summed E-state index contributed by atoms with van der Waals surface area (Å²) in [5.41, 5.74) is 9.98. The molecule has 25 heavy (non-hydrogen) atoms. The molecule has 0 radical (unpaired) electrons. The number of nitrogens with two attached hydrogens (primary N) is 1. The van der Waals surface area contributed by atoms with Crippen LogP contribution in [0.25, 0.3) is 5.57 Å². The third kappa shape index (κ3) is 3.63. The first-order valence-corrected chi connectivity index (χ1v) is 8.28. The fourth-order valence-corrected chi connectivity index (χ4v) is 3.15. The molecular formula is C21H20FNO2. The van der Waals surface area contributed by atoms with Crippen molar-refractivity contribution < 1.29 is 13.9 Å². The number of hydrogen-bond acceptors (Lipinski definition) is 3. The van der Waals surface area contributed by atoms with Gasteiger partial charge in [0.2, 0.25) is 0 Å². The number of halogens is 1. The predicted octanol–water partition coefficient (Wildman–Crippen LogP) is 4.17. The number of hydrogen-bond donors (Lipinski definition) is 1. The topological polar surface area (TPSA) is 52.3 Å². The fraction of sp³-hybridized carbons (Fsp3) is 0.190. The van der Waals surface area contributed by atoms with Crippen LogP contribution in [-0.2, 0) is 9.53 Å². The standard InChI is InChI=1S/C21H20FNO2/c1-2-25-21(24)20-18(15-6-4-3-5-7-15)12-16(13-19(20)23)14-8-10-17(22)11-9-14/h3-11,13,18H,2,12,23H2,1H3. The highest BCUT2D eigenvalue weighted by Gasteiger charge is 2.30. The van der Waals surface area contributed by atoms with E-state index in [4.69, 9.17) is 10.5 Å². The summed E-state index contributed by atoms with van der Waals surface area (Å²) in [5, 5.41) is 0. The number of esters is 1. The van der Waals surface area contributed by atoms with Crippen molar-refractivity contribution in [1.82, 2.24) is 0 Å². The van der Waals surface area contributed by atoms with Gasteiger partial charge in [0.1, 0.15) is 5.82 Å². The molecule has 1 aliphatic rings. The molecule has 0 aliphatic heterocycles. The van der Waals surface area contributed by atoms with Gasteiger partial charge in [-0.05, 0) is 48.3 Å². The maximum Gasteiger partial charge on any atom is 0.336 e. The van der Waals surface area contributed by atoms with E-state index in [0.29, 0.717) is 24.3 Å². The van der Waals surface area contributed by atoms with Gasteiger partial charge in [0.05, 0.1) is 12.2 Å². The third-order valence-corrected chi connectivity index (χ3v) is 4.33. The molecule has 2 aromatic rings. The zero-order valence-corrected chi connectivity index (χ0v) is 14.0. The molecule has 3 rings (SSSR count). The van der Waals surface area contributed by atoms with Crippen molar-refractivity contribution in [3.8, 4) is 0 Å². The van der Waals surface area contributed by atoms with Crippen LogP contribution in [-0.4, -0.2) is 12.6 Å². The Kier molecular flexibility index (Phi) is 4.98. The number of ether oxygens (including phenoxy) is 1. The summed E-state index contributed by atoms with van der Waals surface area (Å²) in [6.07, 6.45) is 2.39. The van der Waals surface area contributed by atoms with Crippen LogP contribution in [0.15, 0.2) is 71.9 Å². The van der Waals surface area contributed by atoms with Crippen LogP contribution < -0.4 is 5.73 Å². The van der Waals surface area contributed by atoms with Crippen molar-refractivity contribution in [2.75, 3.05) is 6.61 Å². The summed E-state index contributed by atoms with van der Waals surface area (Å²) in [5.74, 6) is -0.857. The molecule has 4 heteroatoms. The van der Waals surface area contributed by atoms with E-state index in [1.807, 2.05) is 30.3 Å². The number of benzene rings is 2. The van der Waals surface area contributed by atoms with Crippen LogP contribution in [0.1, 0.15) is 30.4 Å². The lowest BCUT2D eigenvalue weighted by atomic mass is 9.79. The smallest absolute Gasteiger partial charge is 0.336 e. The van der Waals surface area contributed by atoms with E-state index in [2.05, 4.69) is 0 Å². The maximum absolute atomic E-state index is 13.2.